The van der Waals surface area contributed by atoms with E-state index in [1.807, 2.05) is 0 Å². The fourth-order valence-electron chi connectivity index (χ4n) is 1.45. The van der Waals surface area contributed by atoms with Gasteiger partial charge < -0.3 is 11.1 Å². The Morgan fingerprint density at radius 2 is 2.29 bits per heavy atom. The van der Waals surface area contributed by atoms with Gasteiger partial charge in [0.2, 0.25) is 0 Å². The summed E-state index contributed by atoms with van der Waals surface area (Å²) in [7, 11) is 0. The molecule has 3 N–H and O–H groups in total. The second kappa shape index (κ2) is 4.98. The van der Waals surface area contributed by atoms with Gasteiger partial charge >= 0.3 is 0 Å². The average Bonchev–Trinajstić information content (AvgIpc) is 3.10. The molecule has 1 aromatic rings. The quantitative estimate of drug-likeness (QED) is 0.748. The Hall–Kier alpha value is -1.86. The maximum atomic E-state index is 13.1. The molecule has 1 saturated carbocycles. The van der Waals surface area contributed by atoms with E-state index in [-0.39, 0.29) is 18.5 Å². The topological polar surface area (TPSA) is 55.1 Å². The van der Waals surface area contributed by atoms with E-state index in [4.69, 9.17) is 5.73 Å². The first kappa shape index (κ1) is 11.6. The van der Waals surface area contributed by atoms with E-state index in [1.54, 1.807) is 0 Å². The molecule has 0 aromatic heterocycles. The summed E-state index contributed by atoms with van der Waals surface area (Å²) >= 11 is 0. The van der Waals surface area contributed by atoms with Crippen molar-refractivity contribution in [1.82, 2.24) is 5.32 Å². The van der Waals surface area contributed by atoms with Crippen LogP contribution in [0.25, 0.3) is 0 Å². The van der Waals surface area contributed by atoms with Crippen molar-refractivity contribution in [3.05, 3.63) is 35.1 Å². The molecule has 0 spiro atoms. The summed E-state index contributed by atoms with van der Waals surface area (Å²) in [5.41, 5.74) is 6.05. The van der Waals surface area contributed by atoms with Crippen LogP contribution in [-0.2, 0) is 0 Å². The Labute approximate surface area is 99.2 Å². The van der Waals surface area contributed by atoms with Crippen molar-refractivity contribution in [3.63, 3.8) is 0 Å². The van der Waals surface area contributed by atoms with Gasteiger partial charge in [-0.2, -0.15) is 0 Å². The van der Waals surface area contributed by atoms with Crippen LogP contribution >= 0.6 is 0 Å². The van der Waals surface area contributed by atoms with E-state index in [9.17, 15) is 9.18 Å². The Balaban J connectivity index is 2.27. The van der Waals surface area contributed by atoms with E-state index in [2.05, 4.69) is 17.2 Å². The molecular weight excluding hydrogens is 219 g/mol. The first-order valence-electron chi connectivity index (χ1n) is 5.50. The number of halogens is 1. The van der Waals surface area contributed by atoms with Gasteiger partial charge in [0.15, 0.2) is 0 Å². The maximum absolute atomic E-state index is 13.1. The van der Waals surface area contributed by atoms with Crippen molar-refractivity contribution < 1.29 is 9.18 Å². The predicted molar refractivity (Wildman–Crippen MR) is 62.8 cm³/mol. The molecule has 4 heteroatoms. The molecular formula is C13H13FN2O. The molecule has 0 saturated heterocycles. The Morgan fingerprint density at radius 3 is 2.94 bits per heavy atom. The largest absolute Gasteiger partial charge is 0.349 e. The Bertz CT molecular complexity index is 498. The first-order chi connectivity index (χ1) is 8.20. The van der Waals surface area contributed by atoms with E-state index in [0.717, 1.165) is 12.8 Å². The normalized spacial score (nSPS) is 13.8. The molecule has 88 valence electrons. The summed E-state index contributed by atoms with van der Waals surface area (Å²) in [6, 6.07) is 4.23. The lowest BCUT2D eigenvalue weighted by molar-refractivity contribution is 0.0951. The van der Waals surface area contributed by atoms with Crippen LogP contribution in [0.1, 0.15) is 28.8 Å². The molecule has 0 bridgehead atoms. The third-order valence-corrected chi connectivity index (χ3v) is 2.46. The molecule has 1 aliphatic rings. The van der Waals surface area contributed by atoms with E-state index in [0.29, 0.717) is 11.1 Å². The summed E-state index contributed by atoms with van der Waals surface area (Å²) in [5.74, 6) is 4.73. The monoisotopic (exact) mass is 232 g/mol. The van der Waals surface area contributed by atoms with Crippen molar-refractivity contribution in [3.8, 4) is 11.8 Å². The van der Waals surface area contributed by atoms with Crippen LogP contribution in [0.4, 0.5) is 4.39 Å². The Morgan fingerprint density at radius 1 is 1.53 bits per heavy atom. The van der Waals surface area contributed by atoms with E-state index < -0.39 is 5.82 Å². The predicted octanol–water partition coefficient (Wildman–Crippen LogP) is 1.03. The summed E-state index contributed by atoms with van der Waals surface area (Å²) in [5, 5.41) is 2.85. The van der Waals surface area contributed by atoms with Crippen LogP contribution in [0.3, 0.4) is 0 Å². The standard InChI is InChI=1S/C13H13FN2O/c14-10-3-6-12(9(8-10)2-1-7-15)13(17)16-11-4-5-11/h3,6,8,11H,4-5,7,15H2,(H,16,17). The summed E-state index contributed by atoms with van der Waals surface area (Å²) in [4.78, 5) is 11.9. The molecule has 1 aromatic carbocycles. The van der Waals surface area contributed by atoms with Crippen molar-refractivity contribution in [1.29, 1.82) is 0 Å². The van der Waals surface area contributed by atoms with Crippen LogP contribution in [-0.4, -0.2) is 18.5 Å². The summed E-state index contributed by atoms with van der Waals surface area (Å²) in [6.45, 7) is 0.181. The van der Waals surface area contributed by atoms with Crippen molar-refractivity contribution >= 4 is 5.91 Å². The van der Waals surface area contributed by atoms with Gasteiger partial charge in [-0.3, -0.25) is 4.79 Å². The van der Waals surface area contributed by atoms with Crippen LogP contribution in [0.15, 0.2) is 18.2 Å². The fraction of sp³-hybridized carbons (Fsp3) is 0.308. The highest BCUT2D eigenvalue weighted by Crippen LogP contribution is 2.20. The third kappa shape index (κ3) is 3.05. The molecule has 1 aliphatic carbocycles. The molecule has 0 heterocycles. The molecule has 2 rings (SSSR count). The number of carbonyl (C=O) groups is 1. The summed E-state index contributed by atoms with van der Waals surface area (Å²) in [6.07, 6.45) is 2.02. The van der Waals surface area contributed by atoms with Gasteiger partial charge in [0.25, 0.3) is 5.91 Å². The molecule has 0 radical (unpaired) electrons. The number of amides is 1. The average molecular weight is 232 g/mol. The number of rotatable bonds is 2. The number of hydrogen-bond acceptors (Lipinski definition) is 2. The lowest BCUT2D eigenvalue weighted by Gasteiger charge is -2.05. The van der Waals surface area contributed by atoms with Crippen LogP contribution < -0.4 is 11.1 Å². The van der Waals surface area contributed by atoms with Gasteiger partial charge in [-0.15, -0.1) is 0 Å². The minimum atomic E-state index is -0.408. The van der Waals surface area contributed by atoms with Crippen molar-refractivity contribution in [2.45, 2.75) is 18.9 Å². The van der Waals surface area contributed by atoms with Gasteiger partial charge in [-0.25, -0.2) is 4.39 Å². The lowest BCUT2D eigenvalue weighted by Crippen LogP contribution is -2.26. The highest BCUT2D eigenvalue weighted by molar-refractivity contribution is 5.97. The smallest absolute Gasteiger partial charge is 0.252 e. The van der Waals surface area contributed by atoms with Gasteiger partial charge in [0.1, 0.15) is 5.82 Å². The van der Waals surface area contributed by atoms with Crippen molar-refractivity contribution in [2.75, 3.05) is 6.54 Å². The van der Waals surface area contributed by atoms with Crippen LogP contribution in [0.5, 0.6) is 0 Å². The minimum absolute atomic E-state index is 0.181. The number of hydrogen-bond donors (Lipinski definition) is 2. The maximum Gasteiger partial charge on any atom is 0.252 e. The van der Waals surface area contributed by atoms with Crippen LogP contribution in [0, 0.1) is 17.7 Å². The second-order valence-electron chi connectivity index (χ2n) is 3.94. The second-order valence-corrected chi connectivity index (χ2v) is 3.94. The molecule has 1 fully saturated rings. The fourth-order valence-corrected chi connectivity index (χ4v) is 1.45. The van der Waals surface area contributed by atoms with Gasteiger partial charge in [-0.1, -0.05) is 11.8 Å². The number of nitrogens with one attached hydrogen (secondary N) is 1. The van der Waals surface area contributed by atoms with E-state index in [1.165, 1.54) is 18.2 Å². The number of nitrogens with two attached hydrogens (primary N) is 1. The lowest BCUT2D eigenvalue weighted by atomic mass is 10.1. The Kier molecular flexibility index (Phi) is 3.40. The van der Waals surface area contributed by atoms with E-state index >= 15 is 0 Å². The highest BCUT2D eigenvalue weighted by Gasteiger charge is 2.24. The summed E-state index contributed by atoms with van der Waals surface area (Å²) < 4.78 is 13.1. The zero-order valence-electron chi connectivity index (χ0n) is 9.29. The zero-order chi connectivity index (χ0) is 12.3. The molecule has 0 unspecified atom stereocenters. The number of benzene rings is 1. The number of carbonyl (C=O) groups excluding carboxylic acids is 1. The van der Waals surface area contributed by atoms with Gasteiger partial charge in [0, 0.05) is 11.6 Å². The molecule has 0 atom stereocenters. The molecule has 0 aliphatic heterocycles. The van der Waals surface area contributed by atoms with Gasteiger partial charge in [-0.05, 0) is 31.0 Å². The first-order valence-corrected chi connectivity index (χ1v) is 5.50. The third-order valence-electron chi connectivity index (χ3n) is 2.46. The van der Waals surface area contributed by atoms with Crippen molar-refractivity contribution in [2.24, 2.45) is 5.73 Å². The molecule has 3 nitrogen and oxygen atoms in total. The van der Waals surface area contributed by atoms with Crippen LogP contribution in [0.2, 0.25) is 0 Å². The highest BCUT2D eigenvalue weighted by atomic mass is 19.1. The minimum Gasteiger partial charge on any atom is -0.349 e. The zero-order valence-corrected chi connectivity index (χ0v) is 9.29. The van der Waals surface area contributed by atoms with Gasteiger partial charge in [0.05, 0.1) is 12.1 Å². The molecule has 17 heavy (non-hydrogen) atoms. The SMILES string of the molecule is NCC#Cc1cc(F)ccc1C(=O)NC1CC1. The molecule has 1 amide bonds.